The van der Waals surface area contributed by atoms with Crippen LogP contribution >= 0.6 is 0 Å². The number of carbonyl (C=O) groups is 1. The molecule has 4 nitrogen and oxygen atoms in total. The third kappa shape index (κ3) is 2.69. The summed E-state index contributed by atoms with van der Waals surface area (Å²) in [5.41, 5.74) is 0.0825. The van der Waals surface area contributed by atoms with Gasteiger partial charge in [-0.3, -0.25) is 4.79 Å². The van der Waals surface area contributed by atoms with Gasteiger partial charge in [0, 0.05) is 7.05 Å². The van der Waals surface area contributed by atoms with Gasteiger partial charge in [-0.15, -0.1) is 0 Å². The highest BCUT2D eigenvalue weighted by Gasteiger charge is 2.14. The van der Waals surface area contributed by atoms with Crippen LogP contribution in [0.25, 0.3) is 0 Å². The largest absolute Gasteiger partial charge is 0.467 e. The molecule has 5 heteroatoms. The van der Waals surface area contributed by atoms with E-state index in [1.54, 1.807) is 19.2 Å². The Bertz CT molecular complexity index is 511. The predicted octanol–water partition coefficient (Wildman–Crippen LogP) is 2.09. The van der Waals surface area contributed by atoms with Crippen LogP contribution in [-0.2, 0) is 6.54 Å². The summed E-state index contributed by atoms with van der Waals surface area (Å²) in [6.07, 6.45) is 1.54. The quantitative estimate of drug-likeness (QED) is 0.764. The van der Waals surface area contributed by atoms with Crippen LogP contribution in [0.5, 0.6) is 0 Å². The molecule has 0 aliphatic rings. The second kappa shape index (κ2) is 4.78. The molecular weight excluding hydrogens is 223 g/mol. The van der Waals surface area contributed by atoms with Crippen LogP contribution in [0.15, 0.2) is 41.0 Å². The van der Waals surface area contributed by atoms with Crippen LogP contribution in [-0.4, -0.2) is 22.8 Å². The maximum absolute atomic E-state index is 12.9. The summed E-state index contributed by atoms with van der Waals surface area (Å²) in [7, 11) is 1.61. The molecule has 0 bridgehead atoms. The number of hydrogen-bond donors (Lipinski definition) is 0. The van der Waals surface area contributed by atoms with Crippen molar-refractivity contribution in [2.45, 2.75) is 6.54 Å². The number of nitrogens with zero attached hydrogens (tertiary/aromatic N) is 2. The highest BCUT2D eigenvalue weighted by Crippen LogP contribution is 2.07. The normalized spacial score (nSPS) is 10.2. The van der Waals surface area contributed by atoms with Crippen molar-refractivity contribution in [2.75, 3.05) is 7.05 Å². The molecule has 0 saturated carbocycles. The number of furan rings is 1. The van der Waals surface area contributed by atoms with Gasteiger partial charge >= 0.3 is 0 Å². The molecule has 88 valence electrons. The Labute approximate surface area is 97.7 Å². The molecule has 0 aromatic carbocycles. The van der Waals surface area contributed by atoms with Gasteiger partial charge in [0.2, 0.25) is 5.95 Å². The van der Waals surface area contributed by atoms with Crippen LogP contribution in [0.1, 0.15) is 16.2 Å². The van der Waals surface area contributed by atoms with Gasteiger partial charge in [0.15, 0.2) is 0 Å². The number of rotatable bonds is 3. The summed E-state index contributed by atoms with van der Waals surface area (Å²) in [6.45, 7) is 0.323. The number of carbonyl (C=O) groups excluding carboxylic acids is 1. The van der Waals surface area contributed by atoms with E-state index in [4.69, 9.17) is 4.42 Å². The summed E-state index contributed by atoms with van der Waals surface area (Å²) in [5, 5.41) is 0. The fourth-order valence-electron chi connectivity index (χ4n) is 1.43. The summed E-state index contributed by atoms with van der Waals surface area (Å²) >= 11 is 0. The smallest absolute Gasteiger partial charge is 0.272 e. The molecule has 0 spiro atoms. The van der Waals surface area contributed by atoms with E-state index in [0.29, 0.717) is 12.3 Å². The third-order valence-electron chi connectivity index (χ3n) is 2.25. The Morgan fingerprint density at radius 1 is 1.41 bits per heavy atom. The van der Waals surface area contributed by atoms with Crippen LogP contribution in [0.2, 0.25) is 0 Å². The SMILES string of the molecule is CN(Cc1ccco1)C(=O)c1cccc(F)n1. The number of pyridine rings is 1. The fraction of sp³-hybridized carbons (Fsp3) is 0.167. The standard InChI is InChI=1S/C12H11FN2O2/c1-15(8-9-4-3-7-17-9)12(16)10-5-2-6-11(13)14-10/h2-7H,8H2,1H3. The molecule has 0 N–H and O–H groups in total. The first-order valence-corrected chi connectivity index (χ1v) is 5.07. The van der Waals surface area contributed by atoms with E-state index in [-0.39, 0.29) is 11.6 Å². The van der Waals surface area contributed by atoms with E-state index in [0.717, 1.165) is 0 Å². The van der Waals surface area contributed by atoms with E-state index in [2.05, 4.69) is 4.98 Å². The summed E-state index contributed by atoms with van der Waals surface area (Å²) in [6, 6.07) is 7.64. The van der Waals surface area contributed by atoms with E-state index in [9.17, 15) is 9.18 Å². The van der Waals surface area contributed by atoms with E-state index in [1.165, 1.54) is 29.4 Å². The third-order valence-corrected chi connectivity index (χ3v) is 2.25. The van der Waals surface area contributed by atoms with Gasteiger partial charge < -0.3 is 9.32 Å². The van der Waals surface area contributed by atoms with Crippen LogP contribution < -0.4 is 0 Å². The molecule has 0 aliphatic heterocycles. The lowest BCUT2D eigenvalue weighted by Crippen LogP contribution is -2.27. The minimum atomic E-state index is -0.665. The lowest BCUT2D eigenvalue weighted by molar-refractivity contribution is 0.0768. The van der Waals surface area contributed by atoms with Gasteiger partial charge in [0.25, 0.3) is 5.91 Å². The number of hydrogen-bond acceptors (Lipinski definition) is 3. The van der Waals surface area contributed by atoms with Gasteiger partial charge in [-0.25, -0.2) is 4.98 Å². The second-order valence-corrected chi connectivity index (χ2v) is 3.59. The van der Waals surface area contributed by atoms with Crippen molar-refractivity contribution >= 4 is 5.91 Å². The number of amides is 1. The molecule has 0 radical (unpaired) electrons. The first-order chi connectivity index (χ1) is 8.16. The Morgan fingerprint density at radius 3 is 2.88 bits per heavy atom. The van der Waals surface area contributed by atoms with Crippen LogP contribution in [0.4, 0.5) is 4.39 Å². The van der Waals surface area contributed by atoms with E-state index < -0.39 is 5.95 Å². The Hall–Kier alpha value is -2.17. The minimum Gasteiger partial charge on any atom is -0.467 e. The molecule has 0 fully saturated rings. The number of aromatic nitrogens is 1. The molecule has 2 rings (SSSR count). The first-order valence-electron chi connectivity index (χ1n) is 5.07. The Morgan fingerprint density at radius 2 is 2.24 bits per heavy atom. The zero-order valence-electron chi connectivity index (χ0n) is 9.26. The summed E-state index contributed by atoms with van der Waals surface area (Å²) in [5.74, 6) is -0.347. The fourth-order valence-corrected chi connectivity index (χ4v) is 1.43. The summed E-state index contributed by atoms with van der Waals surface area (Å²) in [4.78, 5) is 16.8. The highest BCUT2D eigenvalue weighted by atomic mass is 19.1. The maximum atomic E-state index is 12.9. The van der Waals surface area contributed by atoms with Crippen molar-refractivity contribution in [1.29, 1.82) is 0 Å². The van der Waals surface area contributed by atoms with Crippen molar-refractivity contribution in [1.82, 2.24) is 9.88 Å². The summed E-state index contributed by atoms with van der Waals surface area (Å²) < 4.78 is 18.0. The van der Waals surface area contributed by atoms with Crippen LogP contribution in [0.3, 0.4) is 0 Å². The van der Waals surface area contributed by atoms with Gasteiger partial charge in [-0.2, -0.15) is 4.39 Å². The molecule has 1 amide bonds. The van der Waals surface area contributed by atoms with Gasteiger partial charge in [0.05, 0.1) is 12.8 Å². The topological polar surface area (TPSA) is 46.3 Å². The molecule has 0 atom stereocenters. The van der Waals surface area contributed by atoms with Gasteiger partial charge in [0.1, 0.15) is 11.5 Å². The zero-order valence-corrected chi connectivity index (χ0v) is 9.26. The van der Waals surface area contributed by atoms with Gasteiger partial charge in [-0.1, -0.05) is 6.07 Å². The molecule has 0 unspecified atom stereocenters. The van der Waals surface area contributed by atoms with Crippen molar-refractivity contribution in [3.63, 3.8) is 0 Å². The predicted molar refractivity (Wildman–Crippen MR) is 58.7 cm³/mol. The molecule has 17 heavy (non-hydrogen) atoms. The van der Waals surface area contributed by atoms with E-state index in [1.807, 2.05) is 0 Å². The maximum Gasteiger partial charge on any atom is 0.272 e. The highest BCUT2D eigenvalue weighted by molar-refractivity contribution is 5.91. The Balaban J connectivity index is 2.09. The first kappa shape index (κ1) is 11.3. The molecule has 0 aliphatic carbocycles. The van der Waals surface area contributed by atoms with Crippen molar-refractivity contribution in [3.8, 4) is 0 Å². The molecular formula is C12H11FN2O2. The lowest BCUT2D eigenvalue weighted by Gasteiger charge is -2.14. The average Bonchev–Trinajstić information content (AvgIpc) is 2.80. The minimum absolute atomic E-state index is 0.0825. The Kier molecular flexibility index (Phi) is 3.18. The average molecular weight is 234 g/mol. The molecule has 2 heterocycles. The monoisotopic (exact) mass is 234 g/mol. The lowest BCUT2D eigenvalue weighted by atomic mass is 10.3. The van der Waals surface area contributed by atoms with Crippen LogP contribution in [0, 0.1) is 5.95 Å². The molecule has 2 aromatic heterocycles. The molecule has 0 saturated heterocycles. The zero-order chi connectivity index (χ0) is 12.3. The van der Waals surface area contributed by atoms with E-state index >= 15 is 0 Å². The van der Waals surface area contributed by atoms with Crippen molar-refractivity contribution in [2.24, 2.45) is 0 Å². The second-order valence-electron chi connectivity index (χ2n) is 3.59. The van der Waals surface area contributed by atoms with Gasteiger partial charge in [-0.05, 0) is 24.3 Å². The van der Waals surface area contributed by atoms with Crippen molar-refractivity contribution < 1.29 is 13.6 Å². The van der Waals surface area contributed by atoms with Crippen molar-refractivity contribution in [3.05, 3.63) is 54.0 Å². The number of halogens is 1. The molecule has 2 aromatic rings.